The Morgan fingerprint density at radius 2 is 1.50 bits per heavy atom. The second-order valence-electron chi connectivity index (χ2n) is 17.2. The highest BCUT2D eigenvalue weighted by molar-refractivity contribution is 6.23. The molecule has 15 nitrogen and oxygen atoms in total. The molecule has 60 heavy (non-hydrogen) atoms. The zero-order valence-corrected chi connectivity index (χ0v) is 35.9. The molecule has 328 valence electrons. The van der Waals surface area contributed by atoms with Crippen LogP contribution >= 0.6 is 0 Å². The number of carbonyl (C=O) groups excluding carboxylic acids is 2. The van der Waals surface area contributed by atoms with Gasteiger partial charge in [-0.2, -0.15) is 5.10 Å². The number of phenols is 3. The molecule has 4 aliphatic heterocycles. The molecule has 0 spiro atoms. The van der Waals surface area contributed by atoms with Crippen LogP contribution < -0.4 is 10.1 Å². The molecule has 1 amide bonds. The van der Waals surface area contributed by atoms with Crippen LogP contribution in [0.3, 0.4) is 0 Å². The van der Waals surface area contributed by atoms with Crippen molar-refractivity contribution in [1.82, 2.24) is 9.91 Å². The van der Waals surface area contributed by atoms with E-state index in [0.29, 0.717) is 19.1 Å². The number of aromatic hydroxyl groups is 3. The van der Waals surface area contributed by atoms with E-state index in [2.05, 4.69) is 15.3 Å². The van der Waals surface area contributed by atoms with Gasteiger partial charge in [0.25, 0.3) is 11.7 Å². The normalized spacial score (nSPS) is 33.5. The van der Waals surface area contributed by atoms with Gasteiger partial charge in [0.05, 0.1) is 59.1 Å². The summed E-state index contributed by atoms with van der Waals surface area (Å²) in [5.74, 6) is -7.52. The standard InChI is InChI=1S/C45H62N4O11/c1-23-12-11-13-24(2)44(57)47-35-30(22-46-49-19-17-48(18-20-49)29-14-9-10-15-29)40(54)32-33(41(35)55)39(53)28(6)42-34(32)43(56)45(7,60-42)59-21-16-31(58-8)25(3)37(51)27(5)38(52)26(4)36(23)50/h11-13,16,21-23,25-27,29,31,36-38,50-55H,9-10,14-15,17-20H2,1-8H3,(H,47,57)/b12-11+,21-16+,24-13+,46-22-/t23-,25-,26+,27-,31-,36-,37+,38+,45-/m0/s1. The van der Waals surface area contributed by atoms with Crippen LogP contribution in [0.15, 0.2) is 41.2 Å². The number of aliphatic hydroxyl groups is 3. The average molecular weight is 835 g/mol. The molecule has 0 radical (unpaired) electrons. The molecule has 9 atom stereocenters. The number of rotatable bonds is 4. The fourth-order valence-corrected chi connectivity index (χ4v) is 9.08. The number of piperazine rings is 1. The van der Waals surface area contributed by atoms with Gasteiger partial charge in [-0.1, -0.05) is 58.8 Å². The Hall–Kier alpha value is -4.67. The number of hydrazone groups is 1. The lowest BCUT2D eigenvalue weighted by Crippen LogP contribution is -2.47. The van der Waals surface area contributed by atoms with Crippen LogP contribution in [-0.2, 0) is 14.3 Å². The SMILES string of the molecule is CO[C@H]1/C=C/O[C@@]2(C)Oc3c(C)c(O)c4c(O)c(c(/C=N\N5CCN(C6CCCC6)CC5)c(O)c4c3C2=O)NC(=O)/C(C)=C/C=C/[C@H](C)[C@H](O)[C@@H](C)[C@@H](O)[C@@H](C)[C@H](O)[C@H]1C. The van der Waals surface area contributed by atoms with E-state index in [9.17, 15) is 40.2 Å². The number of aliphatic hydroxyl groups excluding tert-OH is 3. The number of Topliss-reactive ketones (excluding diaryl/α,β-unsaturated/α-hetero) is 1. The van der Waals surface area contributed by atoms with Crippen LogP contribution in [0.5, 0.6) is 23.0 Å². The molecule has 5 bridgehead atoms. The largest absolute Gasteiger partial charge is 0.507 e. The number of allylic oxidation sites excluding steroid dienone is 2. The number of methoxy groups -OCH3 is 1. The first-order valence-electron chi connectivity index (χ1n) is 21.0. The molecule has 1 saturated heterocycles. The van der Waals surface area contributed by atoms with E-state index in [0.717, 1.165) is 13.1 Å². The first kappa shape index (κ1) is 44.9. The summed E-state index contributed by atoms with van der Waals surface area (Å²) >= 11 is 0. The quantitative estimate of drug-likeness (QED) is 0.122. The summed E-state index contributed by atoms with van der Waals surface area (Å²) in [7, 11) is 1.45. The van der Waals surface area contributed by atoms with Crippen molar-refractivity contribution in [2.75, 3.05) is 38.6 Å². The average Bonchev–Trinajstić information content (AvgIpc) is 3.87. The van der Waals surface area contributed by atoms with Crippen molar-refractivity contribution >= 4 is 34.4 Å². The smallest absolute Gasteiger partial charge is 0.312 e. The van der Waals surface area contributed by atoms with Crippen molar-refractivity contribution in [3.63, 3.8) is 0 Å². The van der Waals surface area contributed by atoms with Crippen molar-refractivity contribution in [3.05, 3.63) is 52.8 Å². The topological polar surface area (TPSA) is 214 Å². The Balaban J connectivity index is 1.46. The molecule has 2 fully saturated rings. The number of amides is 1. The molecule has 7 N–H and O–H groups in total. The Labute approximate surface area is 351 Å². The number of phenolic OH excluding ortho intramolecular Hbond substituents is 3. The Morgan fingerprint density at radius 1 is 0.867 bits per heavy atom. The molecule has 7 rings (SSSR count). The van der Waals surface area contributed by atoms with Gasteiger partial charge in [-0.25, -0.2) is 0 Å². The fourth-order valence-electron chi connectivity index (χ4n) is 9.08. The predicted octanol–water partition coefficient (Wildman–Crippen LogP) is 5.08. The molecule has 2 aromatic carbocycles. The maximum Gasteiger partial charge on any atom is 0.312 e. The van der Waals surface area contributed by atoms with E-state index < -0.39 is 82.8 Å². The first-order chi connectivity index (χ1) is 28.4. The minimum atomic E-state index is -2.01. The Bertz CT molecular complexity index is 2070. The number of ether oxygens (including phenoxy) is 3. The molecule has 0 unspecified atom stereocenters. The highest BCUT2D eigenvalue weighted by Crippen LogP contribution is 2.55. The fraction of sp³-hybridized carbons (Fsp3) is 0.578. The van der Waals surface area contributed by atoms with Gasteiger partial charge >= 0.3 is 5.79 Å². The van der Waals surface area contributed by atoms with Gasteiger partial charge in [0.1, 0.15) is 17.2 Å². The molecule has 1 aliphatic carbocycles. The van der Waals surface area contributed by atoms with Gasteiger partial charge in [0.15, 0.2) is 5.75 Å². The molecule has 2 aromatic rings. The second kappa shape index (κ2) is 18.1. The lowest BCUT2D eigenvalue weighted by atomic mass is 9.78. The minimum absolute atomic E-state index is 0.0742. The van der Waals surface area contributed by atoms with Gasteiger partial charge < -0.3 is 50.2 Å². The molecule has 1 saturated carbocycles. The lowest BCUT2D eigenvalue weighted by Gasteiger charge is -2.36. The van der Waals surface area contributed by atoms with Gasteiger partial charge in [-0.15, -0.1) is 0 Å². The van der Waals surface area contributed by atoms with Crippen molar-refractivity contribution in [2.45, 2.75) is 110 Å². The van der Waals surface area contributed by atoms with Gasteiger partial charge in [0.2, 0.25) is 0 Å². The third-order valence-corrected chi connectivity index (χ3v) is 13.3. The maximum atomic E-state index is 14.4. The molecular weight excluding hydrogens is 773 g/mol. The van der Waals surface area contributed by atoms with E-state index in [4.69, 9.17) is 14.2 Å². The van der Waals surface area contributed by atoms with E-state index >= 15 is 0 Å². The van der Waals surface area contributed by atoms with E-state index in [-0.39, 0.29) is 44.5 Å². The minimum Gasteiger partial charge on any atom is -0.507 e. The summed E-state index contributed by atoms with van der Waals surface area (Å²) < 4.78 is 17.8. The highest BCUT2D eigenvalue weighted by Gasteiger charge is 2.50. The summed E-state index contributed by atoms with van der Waals surface area (Å²) in [5, 5.41) is 78.4. The van der Waals surface area contributed by atoms with Crippen LogP contribution in [0.25, 0.3) is 10.8 Å². The summed E-state index contributed by atoms with van der Waals surface area (Å²) in [6.07, 6.45) is 9.71. The van der Waals surface area contributed by atoms with E-state index in [1.54, 1.807) is 46.8 Å². The molecule has 0 aromatic heterocycles. The van der Waals surface area contributed by atoms with Crippen molar-refractivity contribution < 1.29 is 54.4 Å². The number of hydrogen-bond acceptors (Lipinski definition) is 14. The first-order valence-corrected chi connectivity index (χ1v) is 21.0. The van der Waals surface area contributed by atoms with Crippen LogP contribution in [0.2, 0.25) is 0 Å². The number of nitrogens with one attached hydrogen (secondary N) is 1. The molecule has 15 heteroatoms. The van der Waals surface area contributed by atoms with Crippen molar-refractivity contribution in [3.8, 4) is 23.0 Å². The van der Waals surface area contributed by atoms with E-state index in [1.165, 1.54) is 71.3 Å². The number of fused-ring (bicyclic) bond motifs is 14. The summed E-state index contributed by atoms with van der Waals surface area (Å²) in [4.78, 5) is 30.7. The second-order valence-corrected chi connectivity index (χ2v) is 17.2. The maximum absolute atomic E-state index is 14.4. The van der Waals surface area contributed by atoms with Gasteiger partial charge in [-0.05, 0) is 32.8 Å². The Kier molecular flexibility index (Phi) is 13.6. The highest BCUT2D eigenvalue weighted by atomic mass is 16.7. The van der Waals surface area contributed by atoms with Gasteiger partial charge in [-0.3, -0.25) is 19.5 Å². The van der Waals surface area contributed by atoms with Crippen molar-refractivity contribution in [2.24, 2.45) is 28.8 Å². The predicted molar refractivity (Wildman–Crippen MR) is 227 cm³/mol. The summed E-state index contributed by atoms with van der Waals surface area (Å²) in [6.45, 7) is 14.1. The summed E-state index contributed by atoms with van der Waals surface area (Å²) in [5.41, 5.74) is -0.233. The summed E-state index contributed by atoms with van der Waals surface area (Å²) in [6, 6.07) is 0.561. The van der Waals surface area contributed by atoms with Crippen LogP contribution in [-0.4, -0.2) is 128 Å². The number of carbonyl (C=O) groups is 2. The zero-order chi connectivity index (χ0) is 43.8. The zero-order valence-electron chi connectivity index (χ0n) is 35.9. The van der Waals surface area contributed by atoms with Crippen LogP contribution in [0.1, 0.15) is 88.7 Å². The molecular formula is C45H62N4O11. The molecule has 5 aliphatic rings. The van der Waals surface area contributed by atoms with Crippen LogP contribution in [0, 0.1) is 30.6 Å². The third kappa shape index (κ3) is 8.47. The van der Waals surface area contributed by atoms with Crippen molar-refractivity contribution in [1.29, 1.82) is 0 Å². The Morgan fingerprint density at radius 3 is 2.15 bits per heavy atom. The lowest BCUT2D eigenvalue weighted by molar-refractivity contribution is -0.112. The van der Waals surface area contributed by atoms with Crippen LogP contribution in [0.4, 0.5) is 5.69 Å². The number of hydrogen-bond donors (Lipinski definition) is 7. The molecule has 4 heterocycles. The number of anilines is 1. The monoisotopic (exact) mass is 834 g/mol. The third-order valence-electron chi connectivity index (χ3n) is 13.3. The van der Waals surface area contributed by atoms with Gasteiger partial charge in [0, 0.05) is 86.4 Å². The number of benzene rings is 2. The number of nitrogens with zero attached hydrogens (tertiary/aromatic N) is 3. The number of ketones is 1. The van der Waals surface area contributed by atoms with E-state index in [1.807, 2.05) is 5.01 Å².